The van der Waals surface area contributed by atoms with Crippen LogP contribution in [0.4, 0.5) is 10.5 Å². The average molecular weight is 388 g/mol. The highest BCUT2D eigenvalue weighted by Crippen LogP contribution is 2.23. The van der Waals surface area contributed by atoms with Gasteiger partial charge in [-0.3, -0.25) is 9.69 Å². The first-order chi connectivity index (χ1) is 13.0. The number of amides is 3. The molecule has 1 aliphatic rings. The van der Waals surface area contributed by atoms with Gasteiger partial charge in [0.2, 0.25) is 0 Å². The van der Waals surface area contributed by atoms with Crippen LogP contribution in [0.25, 0.3) is 0 Å². The second-order valence-corrected chi connectivity index (χ2v) is 6.85. The topological polar surface area (TPSA) is 61.9 Å². The highest BCUT2D eigenvalue weighted by molar-refractivity contribution is 6.30. The predicted molar refractivity (Wildman–Crippen MR) is 106 cm³/mol. The fraction of sp³-hybridized carbons (Fsp3) is 0.300. The minimum absolute atomic E-state index is 0.0878. The molecule has 0 saturated carbocycles. The van der Waals surface area contributed by atoms with Gasteiger partial charge in [-0.25, -0.2) is 4.79 Å². The first kappa shape index (κ1) is 19.0. The van der Waals surface area contributed by atoms with Crippen LogP contribution < -0.4 is 15.0 Å². The third-order valence-electron chi connectivity index (χ3n) is 4.45. The van der Waals surface area contributed by atoms with Crippen molar-refractivity contribution in [1.29, 1.82) is 0 Å². The second-order valence-electron chi connectivity index (χ2n) is 6.41. The molecule has 0 bridgehead atoms. The summed E-state index contributed by atoms with van der Waals surface area (Å²) in [6.45, 7) is 4.01. The number of benzene rings is 2. The van der Waals surface area contributed by atoms with Crippen molar-refractivity contribution in [1.82, 2.24) is 10.2 Å². The van der Waals surface area contributed by atoms with E-state index in [-0.39, 0.29) is 11.9 Å². The maximum Gasteiger partial charge on any atom is 0.322 e. The molecule has 1 fully saturated rings. The Hall–Kier alpha value is -2.73. The van der Waals surface area contributed by atoms with Crippen molar-refractivity contribution in [3.05, 3.63) is 58.6 Å². The van der Waals surface area contributed by atoms with Crippen LogP contribution >= 0.6 is 11.6 Å². The van der Waals surface area contributed by atoms with E-state index in [2.05, 4.69) is 5.32 Å². The van der Waals surface area contributed by atoms with Gasteiger partial charge in [-0.1, -0.05) is 11.6 Å². The smallest absolute Gasteiger partial charge is 0.322 e. The van der Waals surface area contributed by atoms with Crippen LogP contribution in [-0.4, -0.2) is 50.1 Å². The van der Waals surface area contributed by atoms with Crippen LogP contribution in [0.5, 0.6) is 5.75 Å². The number of aryl methyl sites for hydroxylation is 1. The predicted octanol–water partition coefficient (Wildman–Crippen LogP) is 3.33. The fourth-order valence-corrected chi connectivity index (χ4v) is 3.07. The normalized spacial score (nSPS) is 13.4. The maximum atomic E-state index is 12.6. The lowest BCUT2D eigenvalue weighted by atomic mass is 10.1. The van der Waals surface area contributed by atoms with E-state index < -0.39 is 0 Å². The molecule has 0 aliphatic carbocycles. The number of nitrogens with one attached hydrogen (secondary N) is 1. The molecule has 0 unspecified atom stereocenters. The van der Waals surface area contributed by atoms with Crippen LogP contribution in [0.1, 0.15) is 15.9 Å². The molecule has 1 aliphatic heterocycles. The fourth-order valence-electron chi connectivity index (χ4n) is 2.95. The number of rotatable bonds is 6. The summed E-state index contributed by atoms with van der Waals surface area (Å²) >= 11 is 5.85. The lowest BCUT2D eigenvalue weighted by Crippen LogP contribution is -2.31. The Morgan fingerprint density at radius 3 is 2.63 bits per heavy atom. The van der Waals surface area contributed by atoms with Gasteiger partial charge in [-0.2, -0.15) is 0 Å². The van der Waals surface area contributed by atoms with Gasteiger partial charge in [0.15, 0.2) is 0 Å². The van der Waals surface area contributed by atoms with E-state index in [0.717, 1.165) is 11.3 Å². The third kappa shape index (κ3) is 4.52. The van der Waals surface area contributed by atoms with Crippen LogP contribution in [0, 0.1) is 6.92 Å². The van der Waals surface area contributed by atoms with Crippen LogP contribution in [-0.2, 0) is 0 Å². The molecule has 142 valence electrons. The Bertz CT molecular complexity index is 839. The van der Waals surface area contributed by atoms with Crippen molar-refractivity contribution >= 4 is 29.2 Å². The number of hydrogen-bond acceptors (Lipinski definition) is 3. The molecular weight excluding hydrogens is 366 g/mol. The number of halogens is 1. The molecule has 6 nitrogen and oxygen atoms in total. The molecule has 27 heavy (non-hydrogen) atoms. The molecule has 3 rings (SSSR count). The lowest BCUT2D eigenvalue weighted by Gasteiger charge is -2.20. The van der Waals surface area contributed by atoms with E-state index in [1.165, 1.54) is 0 Å². The highest BCUT2D eigenvalue weighted by atomic mass is 35.5. The van der Waals surface area contributed by atoms with Gasteiger partial charge in [0.25, 0.3) is 5.91 Å². The number of urea groups is 1. The first-order valence-electron chi connectivity index (χ1n) is 8.75. The number of ether oxygens (including phenoxy) is 1. The van der Waals surface area contributed by atoms with E-state index in [1.54, 1.807) is 47.2 Å². The molecule has 0 atom stereocenters. The Balaban J connectivity index is 1.58. The van der Waals surface area contributed by atoms with Gasteiger partial charge < -0.3 is 15.0 Å². The van der Waals surface area contributed by atoms with E-state index >= 15 is 0 Å². The molecule has 0 aromatic heterocycles. The van der Waals surface area contributed by atoms with Gasteiger partial charge in [0, 0.05) is 36.4 Å². The molecule has 1 heterocycles. The largest absolute Gasteiger partial charge is 0.492 e. The summed E-state index contributed by atoms with van der Waals surface area (Å²) in [5.41, 5.74) is 2.31. The summed E-state index contributed by atoms with van der Waals surface area (Å²) in [6, 6.07) is 12.4. The maximum absolute atomic E-state index is 12.6. The van der Waals surface area contributed by atoms with Gasteiger partial charge in [0.05, 0.1) is 6.54 Å². The van der Waals surface area contributed by atoms with Crippen LogP contribution in [0.3, 0.4) is 0 Å². The molecule has 3 amide bonds. The van der Waals surface area contributed by atoms with Gasteiger partial charge in [0.1, 0.15) is 12.4 Å². The van der Waals surface area contributed by atoms with Crippen molar-refractivity contribution < 1.29 is 14.3 Å². The molecule has 1 N–H and O–H groups in total. The molecular formula is C20H22ClN3O3. The number of anilines is 1. The van der Waals surface area contributed by atoms with E-state index in [4.69, 9.17) is 16.3 Å². The Morgan fingerprint density at radius 2 is 2.00 bits per heavy atom. The quantitative estimate of drug-likeness (QED) is 0.827. The lowest BCUT2D eigenvalue weighted by molar-refractivity contribution is 0.0773. The first-order valence-corrected chi connectivity index (χ1v) is 9.13. The summed E-state index contributed by atoms with van der Waals surface area (Å²) < 4.78 is 5.64. The zero-order valence-electron chi connectivity index (χ0n) is 15.4. The average Bonchev–Trinajstić information content (AvgIpc) is 3.08. The summed E-state index contributed by atoms with van der Waals surface area (Å²) in [5, 5.41) is 3.43. The van der Waals surface area contributed by atoms with Crippen LogP contribution in [0.2, 0.25) is 5.02 Å². The van der Waals surface area contributed by atoms with Crippen molar-refractivity contribution in [2.24, 2.45) is 0 Å². The zero-order chi connectivity index (χ0) is 19.4. The summed E-state index contributed by atoms with van der Waals surface area (Å²) in [5.74, 6) is 0.625. The minimum atomic E-state index is -0.103. The van der Waals surface area contributed by atoms with E-state index in [9.17, 15) is 9.59 Å². The highest BCUT2D eigenvalue weighted by Gasteiger charge is 2.23. The van der Waals surface area contributed by atoms with Crippen molar-refractivity contribution in [2.75, 3.05) is 38.2 Å². The second kappa shape index (κ2) is 8.31. The molecule has 2 aromatic rings. The summed E-state index contributed by atoms with van der Waals surface area (Å²) in [4.78, 5) is 27.8. The van der Waals surface area contributed by atoms with E-state index in [1.807, 2.05) is 19.1 Å². The molecule has 1 saturated heterocycles. The number of hydrogen-bond donors (Lipinski definition) is 1. The van der Waals surface area contributed by atoms with Crippen LogP contribution in [0.15, 0.2) is 42.5 Å². The standard InChI is InChI=1S/C20H22ClN3O3/c1-14-13-15(3-8-18(14)24-10-9-22-20(24)26)19(25)23(2)11-12-27-17-6-4-16(21)5-7-17/h3-8,13H,9-12H2,1-2H3,(H,22,26). The number of carbonyl (C=O) groups excluding carboxylic acids is 2. The third-order valence-corrected chi connectivity index (χ3v) is 4.70. The van der Waals surface area contributed by atoms with Gasteiger partial charge in [-0.05, 0) is 55.0 Å². The van der Waals surface area contributed by atoms with Gasteiger partial charge in [-0.15, -0.1) is 0 Å². The minimum Gasteiger partial charge on any atom is -0.492 e. The van der Waals surface area contributed by atoms with E-state index in [0.29, 0.717) is 42.6 Å². The molecule has 0 spiro atoms. The number of nitrogens with zero attached hydrogens (tertiary/aromatic N) is 2. The molecule has 2 aromatic carbocycles. The Morgan fingerprint density at radius 1 is 1.26 bits per heavy atom. The molecule has 0 radical (unpaired) electrons. The number of likely N-dealkylation sites (N-methyl/N-ethyl adjacent to an activating group) is 1. The van der Waals surface area contributed by atoms with Crippen molar-refractivity contribution in [2.45, 2.75) is 6.92 Å². The van der Waals surface area contributed by atoms with Gasteiger partial charge >= 0.3 is 6.03 Å². The zero-order valence-corrected chi connectivity index (χ0v) is 16.1. The van der Waals surface area contributed by atoms with Crippen molar-refractivity contribution in [3.63, 3.8) is 0 Å². The Labute approximate surface area is 163 Å². The SMILES string of the molecule is Cc1cc(C(=O)N(C)CCOc2ccc(Cl)cc2)ccc1N1CCNC1=O. The monoisotopic (exact) mass is 387 g/mol. The molecule has 7 heteroatoms. The van der Waals surface area contributed by atoms with Crippen molar-refractivity contribution in [3.8, 4) is 5.75 Å². The summed E-state index contributed by atoms with van der Waals surface area (Å²) in [7, 11) is 1.74. The summed E-state index contributed by atoms with van der Waals surface area (Å²) in [6.07, 6.45) is 0. The Kier molecular flexibility index (Phi) is 5.86. The number of carbonyl (C=O) groups is 2.